The van der Waals surface area contributed by atoms with E-state index in [0.717, 1.165) is 12.8 Å². The number of rotatable bonds is 5. The molecule has 1 aromatic heterocycles. The molecule has 0 amide bonds. The fraction of sp³-hybridized carbons (Fsp3) is 0.538. The standard InChI is InChI=1S/C13H19N3O4S/c1-21(19,20)16-7-5-10(6-8-16)9-14-12-4-2-3-11(15-12)13(17)18/h2-4,10H,5-9H2,1H3,(H,14,15)(H,17,18). The molecule has 1 aliphatic heterocycles. The Balaban J connectivity index is 1.85. The van der Waals surface area contributed by atoms with E-state index in [2.05, 4.69) is 10.3 Å². The van der Waals surface area contributed by atoms with Gasteiger partial charge in [-0.25, -0.2) is 22.5 Å². The summed E-state index contributed by atoms with van der Waals surface area (Å²) >= 11 is 0. The summed E-state index contributed by atoms with van der Waals surface area (Å²) in [6.07, 6.45) is 2.81. The molecule has 1 fully saturated rings. The molecule has 2 rings (SSSR count). The number of aromatic carboxylic acids is 1. The van der Waals surface area contributed by atoms with Gasteiger partial charge in [0, 0.05) is 19.6 Å². The minimum Gasteiger partial charge on any atom is -0.477 e. The highest BCUT2D eigenvalue weighted by molar-refractivity contribution is 7.88. The highest BCUT2D eigenvalue weighted by atomic mass is 32.2. The largest absolute Gasteiger partial charge is 0.477 e. The van der Waals surface area contributed by atoms with E-state index >= 15 is 0 Å². The molecule has 0 unspecified atom stereocenters. The molecular formula is C13H19N3O4S. The number of sulfonamides is 1. The van der Waals surface area contributed by atoms with Crippen molar-refractivity contribution in [3.63, 3.8) is 0 Å². The summed E-state index contributed by atoms with van der Waals surface area (Å²) in [5, 5.41) is 12.0. The maximum absolute atomic E-state index is 11.4. The molecule has 2 heterocycles. The molecule has 116 valence electrons. The van der Waals surface area contributed by atoms with E-state index in [1.165, 1.54) is 16.6 Å². The molecule has 7 nitrogen and oxygen atoms in total. The molecule has 0 radical (unpaired) electrons. The van der Waals surface area contributed by atoms with Crippen LogP contribution in [0.4, 0.5) is 5.82 Å². The maximum atomic E-state index is 11.4. The first-order valence-corrected chi connectivity index (χ1v) is 8.60. The van der Waals surface area contributed by atoms with Gasteiger partial charge < -0.3 is 10.4 Å². The van der Waals surface area contributed by atoms with E-state index in [-0.39, 0.29) is 5.69 Å². The smallest absolute Gasteiger partial charge is 0.354 e. The molecule has 21 heavy (non-hydrogen) atoms. The third-order valence-corrected chi connectivity index (χ3v) is 4.89. The zero-order chi connectivity index (χ0) is 15.5. The number of carboxylic acids is 1. The summed E-state index contributed by atoms with van der Waals surface area (Å²) in [4.78, 5) is 14.8. The lowest BCUT2D eigenvalue weighted by Gasteiger charge is -2.30. The van der Waals surface area contributed by atoms with Gasteiger partial charge in [-0.05, 0) is 30.9 Å². The summed E-state index contributed by atoms with van der Waals surface area (Å²) in [6, 6.07) is 4.81. The van der Waals surface area contributed by atoms with E-state index in [9.17, 15) is 13.2 Å². The van der Waals surface area contributed by atoms with E-state index < -0.39 is 16.0 Å². The summed E-state index contributed by atoms with van der Waals surface area (Å²) in [6.45, 7) is 1.73. The van der Waals surface area contributed by atoms with Crippen LogP contribution in [0.1, 0.15) is 23.3 Å². The number of piperidine rings is 1. The van der Waals surface area contributed by atoms with Crippen LogP contribution in [-0.4, -0.2) is 54.7 Å². The lowest BCUT2D eigenvalue weighted by molar-refractivity contribution is 0.0690. The van der Waals surface area contributed by atoms with Crippen LogP contribution >= 0.6 is 0 Å². The summed E-state index contributed by atoms with van der Waals surface area (Å²) < 4.78 is 24.3. The second kappa shape index (κ2) is 6.40. The number of carbonyl (C=O) groups is 1. The predicted molar refractivity (Wildman–Crippen MR) is 78.8 cm³/mol. The average molecular weight is 313 g/mol. The Labute approximate surface area is 124 Å². The van der Waals surface area contributed by atoms with Crippen LogP contribution < -0.4 is 5.32 Å². The molecule has 1 saturated heterocycles. The van der Waals surface area contributed by atoms with Crippen LogP contribution in [0.2, 0.25) is 0 Å². The lowest BCUT2D eigenvalue weighted by atomic mass is 9.98. The van der Waals surface area contributed by atoms with Gasteiger partial charge in [-0.15, -0.1) is 0 Å². The number of carboxylic acid groups (broad SMARTS) is 1. The van der Waals surface area contributed by atoms with Gasteiger partial charge >= 0.3 is 5.97 Å². The molecule has 2 N–H and O–H groups in total. The number of aromatic nitrogens is 1. The number of anilines is 1. The third-order valence-electron chi connectivity index (χ3n) is 3.58. The highest BCUT2D eigenvalue weighted by Crippen LogP contribution is 2.19. The minimum absolute atomic E-state index is 0.00638. The number of nitrogens with one attached hydrogen (secondary N) is 1. The van der Waals surface area contributed by atoms with Gasteiger partial charge in [-0.1, -0.05) is 6.07 Å². The summed E-state index contributed by atoms with van der Waals surface area (Å²) in [7, 11) is -3.10. The summed E-state index contributed by atoms with van der Waals surface area (Å²) in [5.74, 6) is -0.168. The second-order valence-electron chi connectivity index (χ2n) is 5.20. The third kappa shape index (κ3) is 4.40. The van der Waals surface area contributed by atoms with Crippen molar-refractivity contribution in [3.05, 3.63) is 23.9 Å². The molecule has 0 atom stereocenters. The van der Waals surface area contributed by atoms with Crippen molar-refractivity contribution in [2.24, 2.45) is 5.92 Å². The van der Waals surface area contributed by atoms with Crippen LogP contribution in [0.15, 0.2) is 18.2 Å². The Hall–Kier alpha value is -1.67. The molecular weight excluding hydrogens is 294 g/mol. The van der Waals surface area contributed by atoms with Gasteiger partial charge in [0.15, 0.2) is 5.69 Å². The number of nitrogens with zero attached hydrogens (tertiary/aromatic N) is 2. The Kier molecular flexibility index (Phi) is 4.79. The minimum atomic E-state index is -3.10. The Morgan fingerprint density at radius 2 is 2.10 bits per heavy atom. The molecule has 8 heteroatoms. The second-order valence-corrected chi connectivity index (χ2v) is 7.18. The monoisotopic (exact) mass is 313 g/mol. The molecule has 0 aromatic carbocycles. The predicted octanol–water partition coefficient (Wildman–Crippen LogP) is 0.863. The highest BCUT2D eigenvalue weighted by Gasteiger charge is 2.24. The van der Waals surface area contributed by atoms with Gasteiger partial charge in [-0.3, -0.25) is 0 Å². The number of hydrogen-bond acceptors (Lipinski definition) is 5. The van der Waals surface area contributed by atoms with E-state index in [4.69, 9.17) is 5.11 Å². The lowest BCUT2D eigenvalue weighted by Crippen LogP contribution is -2.39. The van der Waals surface area contributed by atoms with Crippen molar-refractivity contribution in [1.82, 2.24) is 9.29 Å². The Morgan fingerprint density at radius 1 is 1.43 bits per heavy atom. The van der Waals surface area contributed by atoms with Crippen molar-refractivity contribution >= 4 is 21.8 Å². The van der Waals surface area contributed by atoms with Crippen molar-refractivity contribution < 1.29 is 18.3 Å². The first-order chi connectivity index (χ1) is 9.86. The van der Waals surface area contributed by atoms with Gasteiger partial charge in [-0.2, -0.15) is 0 Å². The summed E-state index contributed by atoms with van der Waals surface area (Å²) in [5.41, 5.74) is 0.00638. The Morgan fingerprint density at radius 3 is 2.67 bits per heavy atom. The molecule has 0 spiro atoms. The van der Waals surface area contributed by atoms with E-state index in [1.807, 2.05) is 0 Å². The van der Waals surface area contributed by atoms with Gasteiger partial charge in [0.1, 0.15) is 5.82 Å². The topological polar surface area (TPSA) is 99.6 Å². The van der Waals surface area contributed by atoms with Gasteiger partial charge in [0.2, 0.25) is 10.0 Å². The normalized spacial score (nSPS) is 17.6. The SMILES string of the molecule is CS(=O)(=O)N1CCC(CNc2cccc(C(=O)O)n2)CC1. The zero-order valence-corrected chi connectivity index (χ0v) is 12.6. The van der Waals surface area contributed by atoms with E-state index in [0.29, 0.717) is 31.4 Å². The van der Waals surface area contributed by atoms with Crippen LogP contribution in [0.25, 0.3) is 0 Å². The van der Waals surface area contributed by atoms with Crippen LogP contribution in [0.5, 0.6) is 0 Å². The average Bonchev–Trinajstić information content (AvgIpc) is 2.45. The fourth-order valence-corrected chi connectivity index (χ4v) is 3.22. The first-order valence-electron chi connectivity index (χ1n) is 6.75. The zero-order valence-electron chi connectivity index (χ0n) is 11.8. The van der Waals surface area contributed by atoms with Crippen molar-refractivity contribution in [2.45, 2.75) is 12.8 Å². The van der Waals surface area contributed by atoms with Gasteiger partial charge in [0.25, 0.3) is 0 Å². The fourth-order valence-electron chi connectivity index (χ4n) is 2.35. The van der Waals surface area contributed by atoms with Crippen LogP contribution in [0.3, 0.4) is 0 Å². The molecule has 0 saturated carbocycles. The molecule has 0 aliphatic carbocycles. The van der Waals surface area contributed by atoms with Crippen molar-refractivity contribution in [1.29, 1.82) is 0 Å². The molecule has 1 aliphatic rings. The van der Waals surface area contributed by atoms with E-state index in [1.54, 1.807) is 12.1 Å². The van der Waals surface area contributed by atoms with Crippen molar-refractivity contribution in [2.75, 3.05) is 31.2 Å². The number of pyridine rings is 1. The quantitative estimate of drug-likeness (QED) is 0.836. The molecule has 0 bridgehead atoms. The Bertz CT molecular complexity index is 610. The maximum Gasteiger partial charge on any atom is 0.354 e. The van der Waals surface area contributed by atoms with Gasteiger partial charge in [0.05, 0.1) is 6.26 Å². The molecule has 1 aromatic rings. The first kappa shape index (κ1) is 15.7. The van der Waals surface area contributed by atoms with Crippen LogP contribution in [0, 0.1) is 5.92 Å². The van der Waals surface area contributed by atoms with Crippen molar-refractivity contribution in [3.8, 4) is 0 Å². The number of hydrogen-bond donors (Lipinski definition) is 2. The van der Waals surface area contributed by atoms with Crippen LogP contribution in [-0.2, 0) is 10.0 Å².